The Hall–Kier alpha value is -1.49. The molecule has 1 atom stereocenters. The number of fused-ring (bicyclic) bond motifs is 1. The van der Waals surface area contributed by atoms with E-state index >= 15 is 0 Å². The number of hydrogen-bond donors (Lipinski definition) is 1. The van der Waals surface area contributed by atoms with Gasteiger partial charge in [0, 0.05) is 16.2 Å². The van der Waals surface area contributed by atoms with Crippen molar-refractivity contribution in [1.82, 2.24) is 9.97 Å². The molecule has 1 N–H and O–H groups in total. The molecule has 0 aromatic carbocycles. The van der Waals surface area contributed by atoms with Crippen LogP contribution in [0.25, 0.3) is 10.2 Å². The molecule has 5 heteroatoms. The third kappa shape index (κ3) is 2.34. The number of carboxylic acid groups (broad SMARTS) is 1. The quantitative estimate of drug-likeness (QED) is 0.924. The van der Waals surface area contributed by atoms with Gasteiger partial charge in [0.2, 0.25) is 0 Å². The molecule has 1 unspecified atom stereocenters. The number of thiophene rings is 1. The first kappa shape index (κ1) is 13.9. The summed E-state index contributed by atoms with van der Waals surface area (Å²) >= 11 is 1.56. The van der Waals surface area contributed by atoms with Gasteiger partial charge in [-0.25, -0.2) is 14.8 Å². The molecule has 0 saturated heterocycles. The lowest BCUT2D eigenvalue weighted by Gasteiger charge is -2.09. The summed E-state index contributed by atoms with van der Waals surface area (Å²) in [4.78, 5) is 22.3. The average molecular weight is 278 g/mol. The van der Waals surface area contributed by atoms with Gasteiger partial charge in [-0.05, 0) is 25.3 Å². The maximum absolute atomic E-state index is 11.5. The van der Waals surface area contributed by atoms with Crippen molar-refractivity contribution in [2.75, 3.05) is 0 Å². The predicted octanol–water partition coefficient (Wildman–Crippen LogP) is 3.77. The Labute approximate surface area is 116 Å². The molecule has 0 fully saturated rings. The fourth-order valence-corrected chi connectivity index (χ4v) is 3.29. The van der Waals surface area contributed by atoms with E-state index in [9.17, 15) is 9.90 Å². The Bertz CT molecular complexity index is 634. The lowest BCUT2D eigenvalue weighted by molar-refractivity contribution is 0.0692. The van der Waals surface area contributed by atoms with Gasteiger partial charge in [-0.1, -0.05) is 20.8 Å². The topological polar surface area (TPSA) is 63.1 Å². The molecule has 0 radical (unpaired) electrons. The van der Waals surface area contributed by atoms with Gasteiger partial charge in [-0.3, -0.25) is 0 Å². The molecule has 2 aromatic rings. The average Bonchev–Trinajstić information content (AvgIpc) is 2.71. The summed E-state index contributed by atoms with van der Waals surface area (Å²) in [5.74, 6) is -0.157. The first-order valence-electron chi connectivity index (χ1n) is 6.52. The van der Waals surface area contributed by atoms with E-state index in [-0.39, 0.29) is 11.6 Å². The van der Waals surface area contributed by atoms with Crippen LogP contribution in [-0.2, 0) is 6.42 Å². The largest absolute Gasteiger partial charge is 0.476 e. The summed E-state index contributed by atoms with van der Waals surface area (Å²) in [6.45, 7) is 8.12. The van der Waals surface area contributed by atoms with Gasteiger partial charge in [-0.15, -0.1) is 11.3 Å². The van der Waals surface area contributed by atoms with Crippen LogP contribution < -0.4 is 0 Å². The number of carboxylic acids is 1. The van der Waals surface area contributed by atoms with Crippen LogP contribution in [0.4, 0.5) is 0 Å². The Kier molecular flexibility index (Phi) is 3.85. The van der Waals surface area contributed by atoms with Crippen molar-refractivity contribution in [3.63, 3.8) is 0 Å². The van der Waals surface area contributed by atoms with Gasteiger partial charge in [0.05, 0.1) is 0 Å². The van der Waals surface area contributed by atoms with Crippen LogP contribution in [0.1, 0.15) is 59.9 Å². The standard InChI is InChI=1S/C14H18N2O2S/c1-5-7(3)12-15-11(14(17)18)10-9(6-2)8(4)19-13(10)16-12/h7H,5-6H2,1-4H3,(H,17,18). The highest BCUT2D eigenvalue weighted by Crippen LogP contribution is 2.33. The van der Waals surface area contributed by atoms with Gasteiger partial charge in [0.15, 0.2) is 5.69 Å². The molecule has 0 aliphatic heterocycles. The number of rotatable bonds is 4. The van der Waals surface area contributed by atoms with E-state index in [2.05, 4.69) is 16.9 Å². The number of aryl methyl sites for hydroxylation is 2. The molecule has 2 aromatic heterocycles. The minimum Gasteiger partial charge on any atom is -0.476 e. The maximum atomic E-state index is 11.5. The molecule has 0 aliphatic rings. The molecule has 2 heterocycles. The Balaban J connectivity index is 2.79. The van der Waals surface area contributed by atoms with Gasteiger partial charge in [0.1, 0.15) is 10.7 Å². The lowest BCUT2D eigenvalue weighted by atomic mass is 10.1. The zero-order valence-electron chi connectivity index (χ0n) is 11.6. The van der Waals surface area contributed by atoms with Crippen molar-refractivity contribution in [3.05, 3.63) is 22.0 Å². The number of hydrogen-bond acceptors (Lipinski definition) is 4. The fourth-order valence-electron chi connectivity index (χ4n) is 2.17. The molecule has 0 saturated carbocycles. The summed E-state index contributed by atoms with van der Waals surface area (Å²) in [7, 11) is 0. The van der Waals surface area contributed by atoms with Crippen molar-refractivity contribution in [2.24, 2.45) is 0 Å². The summed E-state index contributed by atoms with van der Waals surface area (Å²) < 4.78 is 0. The van der Waals surface area contributed by atoms with Crippen molar-refractivity contribution >= 4 is 27.5 Å². The number of carbonyl (C=O) groups is 1. The Morgan fingerprint density at radius 1 is 1.37 bits per heavy atom. The highest BCUT2D eigenvalue weighted by Gasteiger charge is 2.21. The monoisotopic (exact) mass is 278 g/mol. The van der Waals surface area contributed by atoms with Crippen LogP contribution in [0.15, 0.2) is 0 Å². The molecule has 0 amide bonds. The van der Waals surface area contributed by atoms with Gasteiger partial charge >= 0.3 is 5.97 Å². The van der Waals surface area contributed by atoms with Crippen molar-refractivity contribution in [1.29, 1.82) is 0 Å². The summed E-state index contributed by atoms with van der Waals surface area (Å²) in [6, 6.07) is 0. The van der Waals surface area contributed by atoms with Crippen molar-refractivity contribution < 1.29 is 9.90 Å². The minimum atomic E-state index is -0.968. The number of nitrogens with zero attached hydrogens (tertiary/aromatic N) is 2. The van der Waals surface area contributed by atoms with Crippen LogP contribution in [0.3, 0.4) is 0 Å². The van der Waals surface area contributed by atoms with E-state index in [0.29, 0.717) is 5.82 Å². The van der Waals surface area contributed by atoms with Crippen LogP contribution in [0.2, 0.25) is 0 Å². The van der Waals surface area contributed by atoms with Crippen LogP contribution in [0, 0.1) is 6.92 Å². The van der Waals surface area contributed by atoms with E-state index in [4.69, 9.17) is 0 Å². The zero-order valence-corrected chi connectivity index (χ0v) is 12.5. The molecule has 0 spiro atoms. The summed E-state index contributed by atoms with van der Waals surface area (Å²) in [5.41, 5.74) is 1.22. The molecular weight excluding hydrogens is 260 g/mol. The Morgan fingerprint density at radius 2 is 2.05 bits per heavy atom. The minimum absolute atomic E-state index is 0.154. The second-order valence-electron chi connectivity index (χ2n) is 4.72. The summed E-state index contributed by atoms with van der Waals surface area (Å²) in [6.07, 6.45) is 1.70. The first-order valence-corrected chi connectivity index (χ1v) is 7.34. The number of aromatic nitrogens is 2. The van der Waals surface area contributed by atoms with Crippen molar-refractivity contribution in [2.45, 2.75) is 46.5 Å². The van der Waals surface area contributed by atoms with Gasteiger partial charge < -0.3 is 5.11 Å². The fraction of sp³-hybridized carbons (Fsp3) is 0.500. The second-order valence-corrected chi connectivity index (χ2v) is 5.92. The van der Waals surface area contributed by atoms with E-state index < -0.39 is 5.97 Å². The third-order valence-electron chi connectivity index (χ3n) is 3.48. The molecule has 2 rings (SSSR count). The smallest absolute Gasteiger partial charge is 0.355 e. The van der Waals surface area contributed by atoms with E-state index in [1.54, 1.807) is 11.3 Å². The molecule has 4 nitrogen and oxygen atoms in total. The highest BCUT2D eigenvalue weighted by molar-refractivity contribution is 7.18. The van der Waals surface area contributed by atoms with Gasteiger partial charge in [0.25, 0.3) is 0 Å². The van der Waals surface area contributed by atoms with E-state index in [1.165, 1.54) is 0 Å². The first-order chi connectivity index (χ1) is 8.99. The third-order valence-corrected chi connectivity index (χ3v) is 4.52. The molecule has 102 valence electrons. The van der Waals surface area contributed by atoms with Gasteiger partial charge in [-0.2, -0.15) is 0 Å². The summed E-state index contributed by atoms with van der Waals surface area (Å²) in [5, 5.41) is 10.1. The van der Waals surface area contributed by atoms with E-state index in [1.807, 2.05) is 20.8 Å². The maximum Gasteiger partial charge on any atom is 0.355 e. The normalized spacial score (nSPS) is 12.8. The molecule has 19 heavy (non-hydrogen) atoms. The van der Waals surface area contributed by atoms with Crippen LogP contribution >= 0.6 is 11.3 Å². The molecular formula is C14H18N2O2S. The zero-order chi connectivity index (χ0) is 14.2. The highest BCUT2D eigenvalue weighted by atomic mass is 32.1. The number of aromatic carboxylic acids is 1. The SMILES string of the molecule is CCc1c(C)sc2nc(C(C)CC)nc(C(=O)O)c12. The Morgan fingerprint density at radius 3 is 2.58 bits per heavy atom. The second kappa shape index (κ2) is 5.25. The van der Waals surface area contributed by atoms with E-state index in [0.717, 1.165) is 33.5 Å². The van der Waals surface area contributed by atoms with Crippen molar-refractivity contribution in [3.8, 4) is 0 Å². The van der Waals surface area contributed by atoms with Crippen LogP contribution in [-0.4, -0.2) is 21.0 Å². The lowest BCUT2D eigenvalue weighted by Crippen LogP contribution is -2.08. The molecule has 0 aliphatic carbocycles. The molecule has 0 bridgehead atoms. The predicted molar refractivity (Wildman–Crippen MR) is 77.2 cm³/mol. The van der Waals surface area contributed by atoms with Crippen LogP contribution in [0.5, 0.6) is 0 Å².